The quantitative estimate of drug-likeness (QED) is 0.882. The van der Waals surface area contributed by atoms with Crippen LogP contribution in [0.1, 0.15) is 23.4 Å². The summed E-state index contributed by atoms with van der Waals surface area (Å²) in [6.07, 6.45) is 2.25. The molecule has 2 rings (SSSR count). The highest BCUT2D eigenvalue weighted by Crippen LogP contribution is 2.28. The van der Waals surface area contributed by atoms with Crippen LogP contribution in [-0.4, -0.2) is 11.5 Å². The van der Waals surface area contributed by atoms with E-state index in [0.717, 1.165) is 4.88 Å². The maximum absolute atomic E-state index is 14.0. The third-order valence-electron chi connectivity index (χ3n) is 2.73. The molecule has 6 heteroatoms. The normalized spacial score (nSPS) is 12.6. The van der Waals surface area contributed by atoms with Gasteiger partial charge in [-0.05, 0) is 18.7 Å². The first-order valence-corrected chi connectivity index (χ1v) is 7.54. The molecule has 0 aliphatic carbocycles. The molecular formula is C13H13BrF2N2S. The van der Waals surface area contributed by atoms with Crippen LogP contribution in [0.25, 0.3) is 0 Å². The zero-order valence-electron chi connectivity index (χ0n) is 10.3. The second-order valence-electron chi connectivity index (χ2n) is 4.07. The van der Waals surface area contributed by atoms with E-state index in [0.29, 0.717) is 17.4 Å². The van der Waals surface area contributed by atoms with E-state index >= 15 is 0 Å². The topological polar surface area (TPSA) is 24.9 Å². The second-order valence-corrected chi connectivity index (χ2v) is 5.95. The molecule has 0 fully saturated rings. The SMILES string of the molecule is CCNC(Cc1cncs1)c1c(F)cc(Br)cc1F. The predicted molar refractivity (Wildman–Crippen MR) is 76.3 cm³/mol. The largest absolute Gasteiger partial charge is 0.310 e. The monoisotopic (exact) mass is 346 g/mol. The summed E-state index contributed by atoms with van der Waals surface area (Å²) in [6, 6.07) is 2.18. The summed E-state index contributed by atoms with van der Waals surface area (Å²) in [6.45, 7) is 2.55. The Morgan fingerprint density at radius 3 is 2.58 bits per heavy atom. The first-order valence-electron chi connectivity index (χ1n) is 5.87. The minimum Gasteiger partial charge on any atom is -0.310 e. The van der Waals surface area contributed by atoms with Crippen molar-refractivity contribution in [2.24, 2.45) is 0 Å². The summed E-state index contributed by atoms with van der Waals surface area (Å²) in [4.78, 5) is 4.98. The van der Waals surface area contributed by atoms with Gasteiger partial charge in [-0.3, -0.25) is 4.98 Å². The molecule has 2 aromatic rings. The number of hydrogen-bond acceptors (Lipinski definition) is 3. The van der Waals surface area contributed by atoms with E-state index in [9.17, 15) is 8.78 Å². The molecule has 1 aromatic carbocycles. The Bertz CT molecular complexity index is 523. The second kappa shape index (κ2) is 6.54. The van der Waals surface area contributed by atoms with Crippen LogP contribution in [0.4, 0.5) is 8.78 Å². The van der Waals surface area contributed by atoms with Crippen molar-refractivity contribution in [3.63, 3.8) is 0 Å². The third-order valence-corrected chi connectivity index (χ3v) is 3.99. The smallest absolute Gasteiger partial charge is 0.132 e. The Morgan fingerprint density at radius 1 is 1.37 bits per heavy atom. The van der Waals surface area contributed by atoms with Crippen molar-refractivity contribution in [1.82, 2.24) is 10.3 Å². The third kappa shape index (κ3) is 3.58. The lowest BCUT2D eigenvalue weighted by molar-refractivity contribution is 0.474. The predicted octanol–water partition coefficient (Wildman–Crippen LogP) is 4.08. The number of nitrogens with one attached hydrogen (secondary N) is 1. The number of likely N-dealkylation sites (N-methyl/N-ethyl adjacent to an activating group) is 1. The van der Waals surface area contributed by atoms with E-state index in [4.69, 9.17) is 0 Å². The molecule has 1 atom stereocenters. The summed E-state index contributed by atoms with van der Waals surface area (Å²) < 4.78 is 28.4. The summed E-state index contributed by atoms with van der Waals surface area (Å²) >= 11 is 4.57. The first-order chi connectivity index (χ1) is 9.11. The van der Waals surface area contributed by atoms with E-state index in [1.165, 1.54) is 23.5 Å². The summed E-state index contributed by atoms with van der Waals surface area (Å²) in [5, 5.41) is 3.12. The van der Waals surface area contributed by atoms with Crippen LogP contribution in [0.2, 0.25) is 0 Å². The standard InChI is InChI=1S/C13H13BrF2N2S/c1-2-18-12(5-9-6-17-7-19-9)13-10(15)3-8(14)4-11(13)16/h3-4,6-7,12,18H,2,5H2,1H3. The van der Waals surface area contributed by atoms with Crippen LogP contribution in [-0.2, 0) is 6.42 Å². The zero-order valence-corrected chi connectivity index (χ0v) is 12.7. The number of rotatable bonds is 5. The lowest BCUT2D eigenvalue weighted by Gasteiger charge is -2.19. The van der Waals surface area contributed by atoms with Crippen molar-refractivity contribution >= 4 is 27.3 Å². The van der Waals surface area contributed by atoms with Crippen molar-refractivity contribution in [1.29, 1.82) is 0 Å². The molecular weight excluding hydrogens is 334 g/mol. The van der Waals surface area contributed by atoms with Gasteiger partial charge in [0, 0.05) is 33.6 Å². The van der Waals surface area contributed by atoms with Gasteiger partial charge in [0.25, 0.3) is 0 Å². The van der Waals surface area contributed by atoms with E-state index in [1.807, 2.05) is 6.92 Å². The fraction of sp³-hybridized carbons (Fsp3) is 0.308. The minimum absolute atomic E-state index is 0.0819. The average molecular weight is 347 g/mol. The molecule has 0 radical (unpaired) electrons. The van der Waals surface area contributed by atoms with Crippen LogP contribution in [0, 0.1) is 11.6 Å². The van der Waals surface area contributed by atoms with Gasteiger partial charge in [0.05, 0.1) is 5.51 Å². The van der Waals surface area contributed by atoms with Crippen molar-refractivity contribution < 1.29 is 8.78 Å². The minimum atomic E-state index is -0.539. The van der Waals surface area contributed by atoms with Crippen LogP contribution < -0.4 is 5.32 Å². The number of aromatic nitrogens is 1. The van der Waals surface area contributed by atoms with Gasteiger partial charge in [-0.2, -0.15) is 0 Å². The molecule has 102 valence electrons. The molecule has 0 amide bonds. The maximum atomic E-state index is 14.0. The molecule has 1 N–H and O–H groups in total. The molecule has 0 aliphatic heterocycles. The number of nitrogens with zero attached hydrogens (tertiary/aromatic N) is 1. The Labute approximate surface area is 123 Å². The summed E-state index contributed by atoms with van der Waals surface area (Å²) in [7, 11) is 0. The number of halogens is 3. The number of benzene rings is 1. The Kier molecular flexibility index (Phi) is 5.01. The molecule has 19 heavy (non-hydrogen) atoms. The molecule has 0 bridgehead atoms. The van der Waals surface area contributed by atoms with Crippen LogP contribution >= 0.6 is 27.3 Å². The van der Waals surface area contributed by atoms with Crippen LogP contribution in [0.3, 0.4) is 0 Å². The van der Waals surface area contributed by atoms with Gasteiger partial charge in [0.2, 0.25) is 0 Å². The highest BCUT2D eigenvalue weighted by Gasteiger charge is 2.21. The van der Waals surface area contributed by atoms with Gasteiger partial charge in [-0.25, -0.2) is 8.78 Å². The fourth-order valence-corrected chi connectivity index (χ4v) is 3.00. The highest BCUT2D eigenvalue weighted by molar-refractivity contribution is 9.10. The van der Waals surface area contributed by atoms with Crippen molar-refractivity contribution in [3.05, 3.63) is 50.4 Å². The van der Waals surface area contributed by atoms with Crippen molar-refractivity contribution in [2.45, 2.75) is 19.4 Å². The molecule has 2 nitrogen and oxygen atoms in total. The van der Waals surface area contributed by atoms with Crippen molar-refractivity contribution in [3.8, 4) is 0 Å². The Balaban J connectivity index is 2.33. The molecule has 1 heterocycles. The molecule has 0 aliphatic rings. The first kappa shape index (κ1) is 14.6. The van der Waals surface area contributed by atoms with Gasteiger partial charge in [0.15, 0.2) is 0 Å². The van der Waals surface area contributed by atoms with Gasteiger partial charge in [-0.1, -0.05) is 22.9 Å². The number of thiazole rings is 1. The van der Waals surface area contributed by atoms with Crippen LogP contribution in [0.5, 0.6) is 0 Å². The van der Waals surface area contributed by atoms with E-state index < -0.39 is 17.7 Å². The summed E-state index contributed by atoms with van der Waals surface area (Å²) in [5.41, 5.74) is 1.80. The van der Waals surface area contributed by atoms with Crippen molar-refractivity contribution in [2.75, 3.05) is 6.54 Å². The lowest BCUT2D eigenvalue weighted by atomic mass is 10.0. The van der Waals surface area contributed by atoms with Gasteiger partial charge in [0.1, 0.15) is 11.6 Å². The summed E-state index contributed by atoms with van der Waals surface area (Å²) in [5.74, 6) is -1.08. The lowest BCUT2D eigenvalue weighted by Crippen LogP contribution is -2.24. The maximum Gasteiger partial charge on any atom is 0.132 e. The van der Waals surface area contributed by atoms with E-state index in [1.54, 1.807) is 11.7 Å². The average Bonchev–Trinajstić information content (AvgIpc) is 2.80. The van der Waals surface area contributed by atoms with Gasteiger partial charge < -0.3 is 5.32 Å². The fourth-order valence-electron chi connectivity index (χ4n) is 1.95. The Morgan fingerprint density at radius 2 is 2.05 bits per heavy atom. The zero-order chi connectivity index (χ0) is 13.8. The Hall–Kier alpha value is -0.850. The number of hydrogen-bond donors (Lipinski definition) is 1. The molecule has 0 saturated carbocycles. The van der Waals surface area contributed by atoms with E-state index in [2.05, 4.69) is 26.2 Å². The van der Waals surface area contributed by atoms with Crippen LogP contribution in [0.15, 0.2) is 28.3 Å². The van der Waals surface area contributed by atoms with Gasteiger partial charge >= 0.3 is 0 Å². The highest BCUT2D eigenvalue weighted by atomic mass is 79.9. The molecule has 1 aromatic heterocycles. The molecule has 0 spiro atoms. The van der Waals surface area contributed by atoms with E-state index in [-0.39, 0.29) is 5.56 Å². The molecule has 0 saturated heterocycles. The molecule has 1 unspecified atom stereocenters. The van der Waals surface area contributed by atoms with Gasteiger partial charge in [-0.15, -0.1) is 11.3 Å².